The molecule has 1 aromatic rings. The van der Waals surface area contributed by atoms with Crippen LogP contribution in [0.25, 0.3) is 0 Å². The van der Waals surface area contributed by atoms with Gasteiger partial charge >= 0.3 is 0 Å². The molecule has 0 spiro atoms. The van der Waals surface area contributed by atoms with Gasteiger partial charge in [-0.25, -0.2) is 0 Å². The Kier molecular flexibility index (Phi) is 9.01. The number of thioether (sulfide) groups is 1. The molecule has 0 aliphatic rings. The van der Waals surface area contributed by atoms with Crippen LogP contribution in [0.2, 0.25) is 0 Å². The smallest absolute Gasteiger partial charge is 0.193 e. The standard InChI is InChI=1S/C17H29N3OS/c1-14(2)13-21-11-10-19-17(18-3)20(4)12-15-6-8-16(22-5)9-7-15/h6-9,14H,10-13H2,1-5H3,(H,18,19). The van der Waals surface area contributed by atoms with Gasteiger partial charge < -0.3 is 15.0 Å². The maximum atomic E-state index is 5.58. The first-order chi connectivity index (χ1) is 10.6. The zero-order valence-electron chi connectivity index (χ0n) is 14.4. The predicted octanol–water partition coefficient (Wildman–Crippen LogP) is 3.09. The fraction of sp³-hybridized carbons (Fsp3) is 0.588. The van der Waals surface area contributed by atoms with Crippen molar-refractivity contribution in [2.45, 2.75) is 25.3 Å². The first kappa shape index (κ1) is 18.8. The molecule has 0 fully saturated rings. The molecule has 0 saturated carbocycles. The number of benzene rings is 1. The third kappa shape index (κ3) is 7.18. The molecule has 0 atom stereocenters. The highest BCUT2D eigenvalue weighted by atomic mass is 32.2. The quantitative estimate of drug-likeness (QED) is 0.345. The van der Waals surface area contributed by atoms with E-state index in [0.29, 0.717) is 12.5 Å². The number of aliphatic imine (C=N–C) groups is 1. The Labute approximate surface area is 139 Å². The minimum atomic E-state index is 0.575. The van der Waals surface area contributed by atoms with E-state index >= 15 is 0 Å². The van der Waals surface area contributed by atoms with E-state index in [9.17, 15) is 0 Å². The SMILES string of the molecule is CN=C(NCCOCC(C)C)N(C)Cc1ccc(SC)cc1. The van der Waals surface area contributed by atoms with Gasteiger partial charge in [-0.2, -0.15) is 0 Å². The van der Waals surface area contributed by atoms with Crippen LogP contribution in [0.15, 0.2) is 34.2 Å². The van der Waals surface area contributed by atoms with Crippen LogP contribution < -0.4 is 5.32 Å². The highest BCUT2D eigenvalue weighted by molar-refractivity contribution is 7.98. The van der Waals surface area contributed by atoms with Crippen LogP contribution in [-0.4, -0.2) is 51.0 Å². The van der Waals surface area contributed by atoms with Crippen molar-refractivity contribution in [3.05, 3.63) is 29.8 Å². The van der Waals surface area contributed by atoms with Crippen LogP contribution >= 0.6 is 11.8 Å². The summed E-state index contributed by atoms with van der Waals surface area (Å²) in [6.45, 7) is 7.42. The predicted molar refractivity (Wildman–Crippen MR) is 96.7 cm³/mol. The molecule has 124 valence electrons. The molecule has 0 radical (unpaired) electrons. The van der Waals surface area contributed by atoms with Gasteiger partial charge in [0.15, 0.2) is 5.96 Å². The van der Waals surface area contributed by atoms with Gasteiger partial charge in [0.25, 0.3) is 0 Å². The Morgan fingerprint density at radius 3 is 2.55 bits per heavy atom. The van der Waals surface area contributed by atoms with Crippen LogP contribution in [0.1, 0.15) is 19.4 Å². The third-order valence-electron chi connectivity index (χ3n) is 3.13. The molecule has 0 aliphatic heterocycles. The maximum Gasteiger partial charge on any atom is 0.193 e. The molecule has 0 aromatic heterocycles. The Bertz CT molecular complexity index is 446. The lowest BCUT2D eigenvalue weighted by Crippen LogP contribution is -2.40. The van der Waals surface area contributed by atoms with Gasteiger partial charge in [-0.1, -0.05) is 26.0 Å². The highest BCUT2D eigenvalue weighted by Crippen LogP contribution is 2.15. The van der Waals surface area contributed by atoms with E-state index in [4.69, 9.17) is 4.74 Å². The molecule has 0 amide bonds. The van der Waals surface area contributed by atoms with Crippen molar-refractivity contribution in [1.82, 2.24) is 10.2 Å². The summed E-state index contributed by atoms with van der Waals surface area (Å²) in [4.78, 5) is 7.73. The lowest BCUT2D eigenvalue weighted by atomic mass is 10.2. The molecule has 0 saturated heterocycles. The molecule has 1 N–H and O–H groups in total. The van der Waals surface area contributed by atoms with Crippen molar-refractivity contribution in [2.75, 3.05) is 40.1 Å². The molecule has 0 aliphatic carbocycles. The molecule has 5 heteroatoms. The van der Waals surface area contributed by atoms with E-state index in [1.807, 2.05) is 14.1 Å². The molecule has 4 nitrogen and oxygen atoms in total. The summed E-state index contributed by atoms with van der Waals surface area (Å²) in [7, 11) is 3.86. The zero-order valence-corrected chi connectivity index (χ0v) is 15.2. The second-order valence-corrected chi connectivity index (χ2v) is 6.53. The number of nitrogens with one attached hydrogen (secondary N) is 1. The van der Waals surface area contributed by atoms with Crippen molar-refractivity contribution >= 4 is 17.7 Å². The summed E-state index contributed by atoms with van der Waals surface area (Å²) >= 11 is 1.76. The van der Waals surface area contributed by atoms with E-state index in [1.54, 1.807) is 11.8 Å². The summed E-state index contributed by atoms with van der Waals surface area (Å²) in [5, 5.41) is 3.33. The van der Waals surface area contributed by atoms with E-state index in [1.165, 1.54) is 10.5 Å². The van der Waals surface area contributed by atoms with Crippen molar-refractivity contribution in [1.29, 1.82) is 0 Å². The van der Waals surface area contributed by atoms with Gasteiger partial charge in [0, 0.05) is 38.7 Å². The van der Waals surface area contributed by atoms with Gasteiger partial charge in [0.2, 0.25) is 0 Å². The monoisotopic (exact) mass is 323 g/mol. The van der Waals surface area contributed by atoms with Gasteiger partial charge in [0.05, 0.1) is 6.61 Å². The van der Waals surface area contributed by atoms with Crippen LogP contribution in [-0.2, 0) is 11.3 Å². The Morgan fingerprint density at radius 2 is 2.00 bits per heavy atom. The Balaban J connectivity index is 2.38. The first-order valence-corrected chi connectivity index (χ1v) is 8.91. The topological polar surface area (TPSA) is 36.9 Å². The van der Waals surface area contributed by atoms with Crippen LogP contribution in [0.5, 0.6) is 0 Å². The van der Waals surface area contributed by atoms with E-state index in [2.05, 4.69) is 59.6 Å². The highest BCUT2D eigenvalue weighted by Gasteiger charge is 2.06. The number of hydrogen-bond acceptors (Lipinski definition) is 3. The van der Waals surface area contributed by atoms with Gasteiger partial charge in [-0.3, -0.25) is 4.99 Å². The lowest BCUT2D eigenvalue weighted by Gasteiger charge is -2.22. The molecular weight excluding hydrogens is 294 g/mol. The van der Waals surface area contributed by atoms with E-state index in [-0.39, 0.29) is 0 Å². The van der Waals surface area contributed by atoms with Crippen molar-refractivity contribution in [3.63, 3.8) is 0 Å². The fourth-order valence-corrected chi connectivity index (χ4v) is 2.43. The van der Waals surface area contributed by atoms with Crippen molar-refractivity contribution < 1.29 is 4.74 Å². The summed E-state index contributed by atoms with van der Waals surface area (Å²) in [5.41, 5.74) is 1.28. The molecule has 1 aromatic carbocycles. The third-order valence-corrected chi connectivity index (χ3v) is 3.88. The molecule has 22 heavy (non-hydrogen) atoms. The van der Waals surface area contributed by atoms with E-state index in [0.717, 1.165) is 25.7 Å². The largest absolute Gasteiger partial charge is 0.379 e. The Morgan fingerprint density at radius 1 is 1.32 bits per heavy atom. The van der Waals surface area contributed by atoms with Gasteiger partial charge in [0.1, 0.15) is 0 Å². The summed E-state index contributed by atoms with van der Waals surface area (Å²) in [6.07, 6.45) is 2.09. The van der Waals surface area contributed by atoms with Crippen LogP contribution in [0, 0.1) is 5.92 Å². The number of hydrogen-bond donors (Lipinski definition) is 1. The molecular formula is C17H29N3OS. The maximum absolute atomic E-state index is 5.58. The lowest BCUT2D eigenvalue weighted by molar-refractivity contribution is 0.114. The number of ether oxygens (including phenoxy) is 1. The van der Waals surface area contributed by atoms with Gasteiger partial charge in [-0.05, 0) is 29.9 Å². The summed E-state index contributed by atoms with van der Waals surface area (Å²) in [6, 6.07) is 8.65. The number of rotatable bonds is 8. The molecule has 0 bridgehead atoms. The Hall–Kier alpha value is -1.20. The number of nitrogens with zero attached hydrogens (tertiary/aromatic N) is 2. The van der Waals surface area contributed by atoms with Crippen LogP contribution in [0.3, 0.4) is 0 Å². The normalized spacial score (nSPS) is 11.8. The first-order valence-electron chi connectivity index (χ1n) is 7.69. The van der Waals surface area contributed by atoms with Crippen LogP contribution in [0.4, 0.5) is 0 Å². The van der Waals surface area contributed by atoms with E-state index < -0.39 is 0 Å². The second kappa shape index (κ2) is 10.5. The van der Waals surface area contributed by atoms with Gasteiger partial charge in [-0.15, -0.1) is 11.8 Å². The average Bonchev–Trinajstić information content (AvgIpc) is 2.51. The van der Waals surface area contributed by atoms with Crippen molar-refractivity contribution in [2.24, 2.45) is 10.9 Å². The molecule has 0 unspecified atom stereocenters. The summed E-state index contributed by atoms with van der Waals surface area (Å²) in [5.74, 6) is 1.47. The second-order valence-electron chi connectivity index (χ2n) is 5.65. The summed E-state index contributed by atoms with van der Waals surface area (Å²) < 4.78 is 5.58. The fourth-order valence-electron chi connectivity index (χ4n) is 2.02. The minimum absolute atomic E-state index is 0.575. The minimum Gasteiger partial charge on any atom is -0.379 e. The van der Waals surface area contributed by atoms with Crippen molar-refractivity contribution in [3.8, 4) is 0 Å². The average molecular weight is 324 g/mol. The molecule has 0 heterocycles. The number of guanidine groups is 1. The zero-order chi connectivity index (χ0) is 16.4. The molecule has 1 rings (SSSR count).